The van der Waals surface area contributed by atoms with E-state index in [1.807, 2.05) is 10.3 Å². The molecule has 0 bridgehead atoms. The summed E-state index contributed by atoms with van der Waals surface area (Å²) in [5.74, 6) is -0.173. The predicted molar refractivity (Wildman–Crippen MR) is 105 cm³/mol. The van der Waals surface area contributed by atoms with Crippen molar-refractivity contribution in [2.75, 3.05) is 0 Å². The summed E-state index contributed by atoms with van der Waals surface area (Å²) >= 11 is 1.56. The van der Waals surface area contributed by atoms with Crippen molar-refractivity contribution in [3.8, 4) is 5.13 Å². The smallest absolute Gasteiger partial charge is 0.229 e. The molecule has 0 atom stereocenters. The predicted octanol–water partition coefficient (Wildman–Crippen LogP) is 4.42. The van der Waals surface area contributed by atoms with E-state index < -0.39 is 0 Å². The summed E-state index contributed by atoms with van der Waals surface area (Å²) in [6.45, 7) is 4.63. The molecule has 1 amide bonds. The maximum absolute atomic E-state index is 13.1. The molecular formula is C21H22FN3OS. The van der Waals surface area contributed by atoms with Crippen LogP contribution in [0.1, 0.15) is 35.5 Å². The zero-order valence-electron chi connectivity index (χ0n) is 15.5. The normalized spacial score (nSPS) is 13.7. The van der Waals surface area contributed by atoms with E-state index in [1.165, 1.54) is 12.1 Å². The van der Waals surface area contributed by atoms with Gasteiger partial charge in [-0.3, -0.25) is 9.36 Å². The molecule has 1 saturated carbocycles. The minimum absolute atomic E-state index is 0.0830. The van der Waals surface area contributed by atoms with Crippen LogP contribution in [0.25, 0.3) is 5.13 Å². The summed E-state index contributed by atoms with van der Waals surface area (Å²) in [6, 6.07) is 10.8. The van der Waals surface area contributed by atoms with Crippen LogP contribution in [0, 0.1) is 19.7 Å². The Balaban J connectivity index is 1.48. The molecule has 1 fully saturated rings. The van der Waals surface area contributed by atoms with Crippen molar-refractivity contribution in [1.29, 1.82) is 0 Å². The average molecular weight is 383 g/mol. The van der Waals surface area contributed by atoms with Gasteiger partial charge in [0.25, 0.3) is 0 Å². The Morgan fingerprint density at radius 2 is 1.85 bits per heavy atom. The third kappa shape index (κ3) is 3.95. The highest BCUT2D eigenvalue weighted by Gasteiger charge is 2.32. The summed E-state index contributed by atoms with van der Waals surface area (Å²) in [7, 11) is 0. The van der Waals surface area contributed by atoms with E-state index >= 15 is 0 Å². The Morgan fingerprint density at radius 1 is 1.19 bits per heavy atom. The number of hydrogen-bond acceptors (Lipinski definition) is 3. The van der Waals surface area contributed by atoms with Gasteiger partial charge >= 0.3 is 0 Å². The number of thiazole rings is 1. The highest BCUT2D eigenvalue weighted by molar-refractivity contribution is 7.12. The number of halogens is 1. The number of aromatic nitrogens is 2. The monoisotopic (exact) mass is 383 g/mol. The number of aryl methyl sites for hydroxylation is 2. The van der Waals surface area contributed by atoms with Gasteiger partial charge in [-0.25, -0.2) is 9.37 Å². The van der Waals surface area contributed by atoms with E-state index in [-0.39, 0.29) is 11.7 Å². The van der Waals surface area contributed by atoms with Crippen LogP contribution in [-0.4, -0.2) is 26.4 Å². The molecule has 2 heterocycles. The lowest BCUT2D eigenvalue weighted by atomic mass is 10.2. The lowest BCUT2D eigenvalue weighted by Gasteiger charge is -2.22. The molecule has 2 aromatic heterocycles. The van der Waals surface area contributed by atoms with Gasteiger partial charge in [0, 0.05) is 29.4 Å². The molecule has 6 heteroatoms. The third-order valence-corrected chi connectivity index (χ3v) is 5.78. The first-order valence-electron chi connectivity index (χ1n) is 9.15. The third-order valence-electron chi connectivity index (χ3n) is 4.91. The largest absolute Gasteiger partial charge is 0.335 e. The molecule has 0 unspecified atom stereocenters. The summed E-state index contributed by atoms with van der Waals surface area (Å²) < 4.78 is 15.2. The molecule has 4 rings (SSSR count). The number of carbonyl (C=O) groups excluding carboxylic acids is 1. The molecular weight excluding hydrogens is 361 g/mol. The molecule has 4 nitrogen and oxygen atoms in total. The Hall–Kier alpha value is -2.47. The summed E-state index contributed by atoms with van der Waals surface area (Å²) in [6.07, 6.45) is 2.38. The fourth-order valence-electron chi connectivity index (χ4n) is 3.30. The second kappa shape index (κ2) is 7.27. The number of hydrogen-bond donors (Lipinski definition) is 0. The van der Waals surface area contributed by atoms with Crippen LogP contribution in [0.3, 0.4) is 0 Å². The summed E-state index contributed by atoms with van der Waals surface area (Å²) in [5, 5.41) is 2.86. The van der Waals surface area contributed by atoms with Gasteiger partial charge in [-0.05, 0) is 56.5 Å². The average Bonchev–Trinajstić information content (AvgIpc) is 3.30. The minimum atomic E-state index is -0.256. The van der Waals surface area contributed by atoms with E-state index in [4.69, 9.17) is 0 Å². The van der Waals surface area contributed by atoms with Crippen molar-refractivity contribution in [2.45, 2.75) is 45.7 Å². The molecule has 1 aliphatic carbocycles. The molecule has 1 aromatic carbocycles. The van der Waals surface area contributed by atoms with Gasteiger partial charge in [0.1, 0.15) is 5.82 Å². The molecule has 0 radical (unpaired) electrons. The Morgan fingerprint density at radius 3 is 2.48 bits per heavy atom. The van der Waals surface area contributed by atoms with Crippen LogP contribution in [0.2, 0.25) is 0 Å². The van der Waals surface area contributed by atoms with E-state index in [2.05, 4.69) is 35.5 Å². The summed E-state index contributed by atoms with van der Waals surface area (Å²) in [5.41, 5.74) is 4.03. The van der Waals surface area contributed by atoms with E-state index in [0.29, 0.717) is 19.0 Å². The molecule has 0 spiro atoms. The minimum Gasteiger partial charge on any atom is -0.335 e. The van der Waals surface area contributed by atoms with Crippen molar-refractivity contribution in [2.24, 2.45) is 0 Å². The van der Waals surface area contributed by atoms with Gasteiger partial charge in [0.05, 0.1) is 12.1 Å². The topological polar surface area (TPSA) is 38.1 Å². The van der Waals surface area contributed by atoms with E-state index in [0.717, 1.165) is 40.6 Å². The van der Waals surface area contributed by atoms with Crippen LogP contribution in [-0.2, 0) is 17.8 Å². The first kappa shape index (κ1) is 17.9. The maximum Gasteiger partial charge on any atom is 0.229 e. The van der Waals surface area contributed by atoms with Crippen molar-refractivity contribution in [3.05, 3.63) is 70.2 Å². The molecule has 140 valence electrons. The SMILES string of the molecule is Cc1ccc(C)n1-c1nc(CC(=O)N(Cc2ccc(F)cc2)C2CC2)cs1. The standard InChI is InChI=1S/C21H22FN3OS/c1-14-3-4-15(2)25(14)21-23-18(13-27-21)11-20(26)24(19-9-10-19)12-16-5-7-17(22)8-6-16/h3-8,13,19H,9-12H2,1-2H3. The molecule has 27 heavy (non-hydrogen) atoms. The van der Waals surface area contributed by atoms with Gasteiger partial charge in [-0.15, -0.1) is 11.3 Å². The first-order valence-corrected chi connectivity index (χ1v) is 10.0. The second-order valence-electron chi connectivity index (χ2n) is 7.13. The van der Waals surface area contributed by atoms with Gasteiger partial charge in [0.2, 0.25) is 5.91 Å². The number of carbonyl (C=O) groups is 1. The molecule has 0 saturated heterocycles. The quantitative estimate of drug-likeness (QED) is 0.632. The molecule has 0 aliphatic heterocycles. The Bertz CT molecular complexity index is 937. The summed E-state index contributed by atoms with van der Waals surface area (Å²) in [4.78, 5) is 19.5. The number of amides is 1. The molecule has 1 aliphatic rings. The highest BCUT2D eigenvalue weighted by Crippen LogP contribution is 2.29. The zero-order valence-corrected chi connectivity index (χ0v) is 16.3. The van der Waals surface area contributed by atoms with Crippen LogP contribution in [0.5, 0.6) is 0 Å². The van der Waals surface area contributed by atoms with Crippen molar-refractivity contribution < 1.29 is 9.18 Å². The number of benzene rings is 1. The number of nitrogens with zero attached hydrogens (tertiary/aromatic N) is 3. The zero-order chi connectivity index (χ0) is 19.0. The van der Waals surface area contributed by atoms with Crippen molar-refractivity contribution in [1.82, 2.24) is 14.5 Å². The lowest BCUT2D eigenvalue weighted by Crippen LogP contribution is -2.33. The van der Waals surface area contributed by atoms with Gasteiger partial charge in [0.15, 0.2) is 5.13 Å². The fraction of sp³-hybridized carbons (Fsp3) is 0.333. The van der Waals surface area contributed by atoms with Crippen LogP contribution >= 0.6 is 11.3 Å². The molecule has 0 N–H and O–H groups in total. The van der Waals surface area contributed by atoms with Gasteiger partial charge in [-0.1, -0.05) is 12.1 Å². The lowest BCUT2D eigenvalue weighted by molar-refractivity contribution is -0.131. The van der Waals surface area contributed by atoms with Crippen molar-refractivity contribution >= 4 is 17.2 Å². The van der Waals surface area contributed by atoms with Crippen LogP contribution in [0.15, 0.2) is 41.8 Å². The molecule has 3 aromatic rings. The van der Waals surface area contributed by atoms with Crippen LogP contribution in [0.4, 0.5) is 4.39 Å². The van der Waals surface area contributed by atoms with Gasteiger partial charge in [-0.2, -0.15) is 0 Å². The Kier molecular flexibility index (Phi) is 4.83. The number of rotatable bonds is 6. The van der Waals surface area contributed by atoms with E-state index in [9.17, 15) is 9.18 Å². The second-order valence-corrected chi connectivity index (χ2v) is 7.97. The van der Waals surface area contributed by atoms with Crippen molar-refractivity contribution in [3.63, 3.8) is 0 Å². The maximum atomic E-state index is 13.1. The van der Waals surface area contributed by atoms with Gasteiger partial charge < -0.3 is 4.90 Å². The van der Waals surface area contributed by atoms with E-state index in [1.54, 1.807) is 23.5 Å². The fourth-order valence-corrected chi connectivity index (χ4v) is 4.24. The Labute approximate surface area is 162 Å². The highest BCUT2D eigenvalue weighted by atomic mass is 32.1. The first-order chi connectivity index (χ1) is 13.0. The van der Waals surface area contributed by atoms with Crippen LogP contribution < -0.4 is 0 Å².